The lowest BCUT2D eigenvalue weighted by molar-refractivity contribution is -0.123. The molecule has 0 spiro atoms. The average molecular weight is 226 g/mol. The summed E-state index contributed by atoms with van der Waals surface area (Å²) >= 11 is 0. The smallest absolute Gasteiger partial charge is 0.160 e. The van der Waals surface area contributed by atoms with E-state index in [0.29, 0.717) is 5.92 Å². The van der Waals surface area contributed by atoms with E-state index in [1.807, 2.05) is 13.8 Å². The van der Waals surface area contributed by atoms with Crippen molar-refractivity contribution in [1.29, 1.82) is 0 Å². The van der Waals surface area contributed by atoms with Crippen molar-refractivity contribution in [3.05, 3.63) is 12.2 Å². The fourth-order valence-corrected chi connectivity index (χ4v) is 2.10. The molecule has 0 radical (unpaired) electrons. The summed E-state index contributed by atoms with van der Waals surface area (Å²) in [4.78, 5) is 11.8. The van der Waals surface area contributed by atoms with E-state index in [0.717, 1.165) is 6.42 Å². The first-order valence-corrected chi connectivity index (χ1v) is 6.27. The summed E-state index contributed by atoms with van der Waals surface area (Å²) in [5.41, 5.74) is 0. The molecule has 16 heavy (non-hydrogen) atoms. The molecule has 0 saturated heterocycles. The molecule has 2 heteroatoms. The minimum atomic E-state index is -0.0481. The predicted octanol–water partition coefficient (Wildman–Crippen LogP) is 3.61. The minimum absolute atomic E-state index is 0.0373. The first kappa shape index (κ1) is 15.4. The van der Waals surface area contributed by atoms with Crippen LogP contribution in [0.5, 0.6) is 0 Å². The molecule has 0 amide bonds. The minimum Gasteiger partial charge on any atom is -0.380 e. The van der Waals surface area contributed by atoms with Crippen LogP contribution >= 0.6 is 0 Å². The highest BCUT2D eigenvalue weighted by atomic mass is 16.5. The second-order valence-electron chi connectivity index (χ2n) is 4.51. The van der Waals surface area contributed by atoms with Crippen LogP contribution in [0.15, 0.2) is 12.2 Å². The molecular formula is C14H26O2. The van der Waals surface area contributed by atoms with Crippen molar-refractivity contribution >= 4 is 5.78 Å². The summed E-state index contributed by atoms with van der Waals surface area (Å²) in [5.74, 6) is 0.555. The lowest BCUT2D eigenvalue weighted by Crippen LogP contribution is -2.32. The van der Waals surface area contributed by atoms with Gasteiger partial charge in [0.2, 0.25) is 0 Å². The largest absolute Gasteiger partial charge is 0.380 e. The van der Waals surface area contributed by atoms with E-state index < -0.39 is 0 Å². The first-order valence-electron chi connectivity index (χ1n) is 6.27. The first-order chi connectivity index (χ1) is 7.58. The second-order valence-corrected chi connectivity index (χ2v) is 4.51. The van der Waals surface area contributed by atoms with Crippen molar-refractivity contribution in [2.45, 2.75) is 53.1 Å². The number of allylic oxidation sites excluding steroid dienone is 2. The van der Waals surface area contributed by atoms with E-state index in [-0.39, 0.29) is 17.8 Å². The van der Waals surface area contributed by atoms with E-state index in [1.165, 1.54) is 12.8 Å². The Bertz CT molecular complexity index is 221. The molecule has 0 aliphatic carbocycles. The van der Waals surface area contributed by atoms with Crippen LogP contribution in [0.25, 0.3) is 0 Å². The maximum Gasteiger partial charge on any atom is 0.160 e. The molecule has 3 atom stereocenters. The number of methoxy groups -OCH3 is 1. The van der Waals surface area contributed by atoms with Gasteiger partial charge < -0.3 is 4.74 Å². The van der Waals surface area contributed by atoms with Gasteiger partial charge in [0.1, 0.15) is 0 Å². The molecule has 94 valence electrons. The molecule has 0 rings (SSSR count). The third kappa shape index (κ3) is 4.93. The van der Waals surface area contributed by atoms with E-state index in [2.05, 4.69) is 13.8 Å². The van der Waals surface area contributed by atoms with Crippen molar-refractivity contribution in [2.75, 3.05) is 7.11 Å². The van der Waals surface area contributed by atoms with Crippen LogP contribution in [0.3, 0.4) is 0 Å². The van der Waals surface area contributed by atoms with Crippen molar-refractivity contribution in [2.24, 2.45) is 11.8 Å². The Balaban J connectivity index is 4.40. The average Bonchev–Trinajstić information content (AvgIpc) is 2.27. The summed E-state index contributed by atoms with van der Waals surface area (Å²) in [7, 11) is 1.70. The molecule has 0 bridgehead atoms. The van der Waals surface area contributed by atoms with Gasteiger partial charge in [0, 0.05) is 13.0 Å². The summed E-state index contributed by atoms with van der Waals surface area (Å²) in [5, 5.41) is 0. The zero-order valence-corrected chi connectivity index (χ0v) is 11.3. The molecule has 2 nitrogen and oxygen atoms in total. The Labute approximate surface area is 100 Å². The normalized spacial score (nSPS) is 17.3. The third-order valence-electron chi connectivity index (χ3n) is 3.12. The molecule has 0 aromatic rings. The molecule has 0 aromatic carbocycles. The predicted molar refractivity (Wildman–Crippen MR) is 68.5 cm³/mol. The standard InChI is InChI=1S/C14H26O2/c1-6-8-10-11(3)14(16-5)12(4)13(15)9-7-2/h7,9,11-12,14H,6,8,10H2,1-5H3/b9-7+. The van der Waals surface area contributed by atoms with E-state index in [9.17, 15) is 4.79 Å². The Hall–Kier alpha value is -0.630. The lowest BCUT2D eigenvalue weighted by atomic mass is 9.87. The van der Waals surface area contributed by atoms with Crippen LogP contribution in [0.2, 0.25) is 0 Å². The Morgan fingerprint density at radius 1 is 1.38 bits per heavy atom. The fraction of sp³-hybridized carbons (Fsp3) is 0.786. The van der Waals surface area contributed by atoms with E-state index in [1.54, 1.807) is 19.3 Å². The van der Waals surface area contributed by atoms with Gasteiger partial charge in [-0.05, 0) is 25.3 Å². The summed E-state index contributed by atoms with van der Waals surface area (Å²) in [6, 6.07) is 0. The summed E-state index contributed by atoms with van der Waals surface area (Å²) in [6.45, 7) is 8.18. The number of ether oxygens (including phenoxy) is 1. The van der Waals surface area contributed by atoms with Gasteiger partial charge in [0.05, 0.1) is 6.10 Å². The van der Waals surface area contributed by atoms with Crippen molar-refractivity contribution in [3.8, 4) is 0 Å². The topological polar surface area (TPSA) is 26.3 Å². The van der Waals surface area contributed by atoms with Gasteiger partial charge in [-0.1, -0.05) is 39.7 Å². The quantitative estimate of drug-likeness (QED) is 0.591. The Morgan fingerprint density at radius 2 is 2.00 bits per heavy atom. The number of hydrogen-bond acceptors (Lipinski definition) is 2. The summed E-state index contributed by atoms with van der Waals surface area (Å²) < 4.78 is 5.48. The van der Waals surface area contributed by atoms with Gasteiger partial charge in [0.15, 0.2) is 5.78 Å². The van der Waals surface area contributed by atoms with Crippen molar-refractivity contribution in [3.63, 3.8) is 0 Å². The van der Waals surface area contributed by atoms with Gasteiger partial charge in [-0.3, -0.25) is 4.79 Å². The highest BCUT2D eigenvalue weighted by Crippen LogP contribution is 2.22. The SMILES string of the molecule is C/C=C/C(=O)C(C)C(OC)C(C)CCCC. The molecule has 0 aliphatic heterocycles. The number of carbonyl (C=O) groups is 1. The number of ketones is 1. The lowest BCUT2D eigenvalue weighted by Gasteiger charge is -2.26. The van der Waals surface area contributed by atoms with Gasteiger partial charge in [-0.2, -0.15) is 0 Å². The van der Waals surface area contributed by atoms with Crippen LogP contribution in [0, 0.1) is 11.8 Å². The fourth-order valence-electron chi connectivity index (χ4n) is 2.10. The number of hydrogen-bond donors (Lipinski definition) is 0. The van der Waals surface area contributed by atoms with Gasteiger partial charge in [-0.15, -0.1) is 0 Å². The molecule has 3 unspecified atom stereocenters. The van der Waals surface area contributed by atoms with Gasteiger partial charge >= 0.3 is 0 Å². The molecule has 0 heterocycles. The maximum atomic E-state index is 11.8. The molecule has 0 aromatic heterocycles. The highest BCUT2D eigenvalue weighted by Gasteiger charge is 2.26. The van der Waals surface area contributed by atoms with Crippen LogP contribution in [0.1, 0.15) is 47.0 Å². The highest BCUT2D eigenvalue weighted by molar-refractivity contribution is 5.91. The second kappa shape index (κ2) is 8.51. The van der Waals surface area contributed by atoms with Crippen LogP contribution in [-0.4, -0.2) is 19.0 Å². The molecule has 0 saturated carbocycles. The summed E-state index contributed by atoms with van der Waals surface area (Å²) in [6.07, 6.45) is 6.99. The van der Waals surface area contributed by atoms with Crippen LogP contribution in [-0.2, 0) is 9.53 Å². The van der Waals surface area contributed by atoms with E-state index >= 15 is 0 Å². The van der Waals surface area contributed by atoms with Gasteiger partial charge in [0.25, 0.3) is 0 Å². The third-order valence-corrected chi connectivity index (χ3v) is 3.12. The van der Waals surface area contributed by atoms with Crippen molar-refractivity contribution in [1.82, 2.24) is 0 Å². The number of rotatable bonds is 8. The molecule has 0 aliphatic rings. The Morgan fingerprint density at radius 3 is 2.44 bits per heavy atom. The van der Waals surface area contributed by atoms with Gasteiger partial charge in [-0.25, -0.2) is 0 Å². The van der Waals surface area contributed by atoms with Crippen LogP contribution < -0.4 is 0 Å². The van der Waals surface area contributed by atoms with Crippen LogP contribution in [0.4, 0.5) is 0 Å². The maximum absolute atomic E-state index is 11.8. The van der Waals surface area contributed by atoms with E-state index in [4.69, 9.17) is 4.74 Å². The molecule has 0 N–H and O–H groups in total. The molecule has 0 fully saturated rings. The zero-order valence-electron chi connectivity index (χ0n) is 11.3. The van der Waals surface area contributed by atoms with Crippen molar-refractivity contribution < 1.29 is 9.53 Å². The number of unbranched alkanes of at least 4 members (excludes halogenated alkanes) is 1. The zero-order chi connectivity index (χ0) is 12.6. The Kier molecular flexibility index (Phi) is 8.18. The number of carbonyl (C=O) groups excluding carboxylic acids is 1. The molecular weight excluding hydrogens is 200 g/mol. The monoisotopic (exact) mass is 226 g/mol.